The molecule has 5 nitrogen and oxygen atoms in total. The van der Waals surface area contributed by atoms with E-state index in [9.17, 15) is 0 Å². The van der Waals surface area contributed by atoms with Gasteiger partial charge in [-0.05, 0) is 45.4 Å². The van der Waals surface area contributed by atoms with Crippen LogP contribution >= 0.6 is 35.3 Å². The highest BCUT2D eigenvalue weighted by Gasteiger charge is 2.33. The highest BCUT2D eigenvalue weighted by molar-refractivity contribution is 14.0. The minimum atomic E-state index is 0. The second-order valence-electron chi connectivity index (χ2n) is 7.00. The Balaban J connectivity index is 0.00000338. The standard InChI is InChI=1S/C19H34N4OS.HI/c1-5-24-13-11-19(9-6-7-10-19)14-22-18(20-4)21-12-8-17-15(2)23-16(3)25-17;/h5-14H2,1-4H3,(H2,20,21,22);1H. The minimum Gasteiger partial charge on any atom is -0.382 e. The quantitative estimate of drug-likeness (QED) is 0.235. The van der Waals surface area contributed by atoms with Crippen LogP contribution in [0.5, 0.6) is 0 Å². The van der Waals surface area contributed by atoms with Crippen LogP contribution < -0.4 is 10.6 Å². The van der Waals surface area contributed by atoms with Crippen LogP contribution in [0.4, 0.5) is 0 Å². The fraction of sp³-hybridized carbons (Fsp3) is 0.789. The number of guanidine groups is 1. The number of hydrogen-bond donors (Lipinski definition) is 2. The third kappa shape index (κ3) is 7.31. The van der Waals surface area contributed by atoms with Crippen LogP contribution in [0.3, 0.4) is 0 Å². The first-order valence-electron chi connectivity index (χ1n) is 9.54. The molecule has 1 aromatic heterocycles. The Bertz CT molecular complexity index is 556. The number of aryl methyl sites for hydroxylation is 2. The van der Waals surface area contributed by atoms with Gasteiger partial charge in [0.2, 0.25) is 0 Å². The summed E-state index contributed by atoms with van der Waals surface area (Å²) in [5.41, 5.74) is 1.53. The summed E-state index contributed by atoms with van der Waals surface area (Å²) in [6.45, 7) is 9.77. The third-order valence-corrected chi connectivity index (χ3v) is 6.28. The first-order chi connectivity index (χ1) is 12.1. The SMILES string of the molecule is CCOCCC1(CNC(=NC)NCCc2sc(C)nc2C)CCCC1.I. The van der Waals surface area contributed by atoms with Gasteiger partial charge in [-0.3, -0.25) is 4.99 Å². The Kier molecular flexibility index (Phi) is 11.0. The number of rotatable bonds is 9. The lowest BCUT2D eigenvalue weighted by Gasteiger charge is -2.30. The van der Waals surface area contributed by atoms with Crippen molar-refractivity contribution in [3.05, 3.63) is 15.6 Å². The second kappa shape index (κ2) is 12.1. The van der Waals surface area contributed by atoms with E-state index in [1.54, 1.807) is 11.3 Å². The van der Waals surface area contributed by atoms with Gasteiger partial charge in [-0.1, -0.05) is 12.8 Å². The van der Waals surface area contributed by atoms with E-state index >= 15 is 0 Å². The first kappa shape index (κ1) is 23.6. The predicted molar refractivity (Wildman–Crippen MR) is 122 cm³/mol. The molecule has 0 atom stereocenters. The highest BCUT2D eigenvalue weighted by atomic mass is 127. The Morgan fingerprint density at radius 1 is 1.27 bits per heavy atom. The Hall–Kier alpha value is -0.410. The number of nitrogens with one attached hydrogen (secondary N) is 2. The maximum atomic E-state index is 5.60. The fourth-order valence-corrected chi connectivity index (χ4v) is 4.60. The molecular formula is C19H35IN4OS. The topological polar surface area (TPSA) is 58.5 Å². The molecular weight excluding hydrogens is 459 g/mol. The molecule has 0 unspecified atom stereocenters. The summed E-state index contributed by atoms with van der Waals surface area (Å²) in [6.07, 6.45) is 7.40. The van der Waals surface area contributed by atoms with Crippen LogP contribution in [0.25, 0.3) is 0 Å². The summed E-state index contributed by atoms with van der Waals surface area (Å²) in [5.74, 6) is 0.904. The average Bonchev–Trinajstić information content (AvgIpc) is 3.18. The van der Waals surface area contributed by atoms with Crippen LogP contribution in [0.2, 0.25) is 0 Å². The Labute approximate surface area is 179 Å². The molecule has 0 spiro atoms. The van der Waals surface area contributed by atoms with Crippen LogP contribution in [-0.2, 0) is 11.2 Å². The molecule has 1 aliphatic carbocycles. The van der Waals surface area contributed by atoms with Gasteiger partial charge in [-0.2, -0.15) is 0 Å². The largest absolute Gasteiger partial charge is 0.382 e. The van der Waals surface area contributed by atoms with E-state index in [0.717, 1.165) is 55.8 Å². The molecule has 1 aromatic rings. The molecule has 2 N–H and O–H groups in total. The minimum absolute atomic E-state index is 0. The van der Waals surface area contributed by atoms with Gasteiger partial charge in [0.05, 0.1) is 10.7 Å². The van der Waals surface area contributed by atoms with Crippen LogP contribution in [-0.4, -0.2) is 44.3 Å². The van der Waals surface area contributed by atoms with E-state index in [1.165, 1.54) is 30.6 Å². The van der Waals surface area contributed by atoms with Crippen molar-refractivity contribution in [2.75, 3.05) is 33.4 Å². The lowest BCUT2D eigenvalue weighted by molar-refractivity contribution is 0.105. The van der Waals surface area contributed by atoms with Crippen LogP contribution in [0.1, 0.15) is 54.6 Å². The molecule has 150 valence electrons. The van der Waals surface area contributed by atoms with Crippen molar-refractivity contribution in [3.63, 3.8) is 0 Å². The monoisotopic (exact) mass is 494 g/mol. The van der Waals surface area contributed by atoms with Gasteiger partial charge in [0.15, 0.2) is 5.96 Å². The van der Waals surface area contributed by atoms with Gasteiger partial charge in [-0.25, -0.2) is 4.98 Å². The van der Waals surface area contributed by atoms with Crippen molar-refractivity contribution in [2.24, 2.45) is 10.4 Å². The number of nitrogens with zero attached hydrogens (tertiary/aromatic N) is 2. The van der Waals surface area contributed by atoms with Gasteiger partial charge in [0.1, 0.15) is 0 Å². The van der Waals surface area contributed by atoms with Crippen LogP contribution in [0, 0.1) is 19.3 Å². The lowest BCUT2D eigenvalue weighted by Crippen LogP contribution is -2.44. The van der Waals surface area contributed by atoms with Crippen molar-refractivity contribution in [3.8, 4) is 0 Å². The van der Waals surface area contributed by atoms with E-state index < -0.39 is 0 Å². The molecule has 1 heterocycles. The van der Waals surface area contributed by atoms with Crippen molar-refractivity contribution in [2.45, 2.75) is 59.3 Å². The number of thiazole rings is 1. The average molecular weight is 494 g/mol. The molecule has 7 heteroatoms. The number of ether oxygens (including phenoxy) is 1. The molecule has 26 heavy (non-hydrogen) atoms. The second-order valence-corrected chi connectivity index (χ2v) is 8.29. The fourth-order valence-electron chi connectivity index (χ4n) is 3.66. The number of halogens is 1. The summed E-state index contributed by atoms with van der Waals surface area (Å²) >= 11 is 1.79. The van der Waals surface area contributed by atoms with Gasteiger partial charge in [0.25, 0.3) is 0 Å². The smallest absolute Gasteiger partial charge is 0.191 e. The molecule has 0 radical (unpaired) electrons. The van der Waals surface area contributed by atoms with E-state index in [0.29, 0.717) is 5.41 Å². The molecule has 0 aromatic carbocycles. The molecule has 1 fully saturated rings. The van der Waals surface area contributed by atoms with Crippen molar-refractivity contribution in [1.29, 1.82) is 0 Å². The van der Waals surface area contributed by atoms with Crippen LogP contribution in [0.15, 0.2) is 4.99 Å². The van der Waals surface area contributed by atoms with Crippen molar-refractivity contribution in [1.82, 2.24) is 15.6 Å². The van der Waals surface area contributed by atoms with Gasteiger partial charge >= 0.3 is 0 Å². The summed E-state index contributed by atoms with van der Waals surface area (Å²) in [5, 5.41) is 8.15. The molecule has 1 aliphatic rings. The molecule has 0 amide bonds. The number of aromatic nitrogens is 1. The summed E-state index contributed by atoms with van der Waals surface area (Å²) < 4.78 is 5.60. The summed E-state index contributed by atoms with van der Waals surface area (Å²) in [4.78, 5) is 10.2. The maximum absolute atomic E-state index is 5.60. The molecule has 0 saturated heterocycles. The van der Waals surface area contributed by atoms with Gasteiger partial charge in [0, 0.05) is 44.6 Å². The Morgan fingerprint density at radius 3 is 2.58 bits per heavy atom. The molecule has 1 saturated carbocycles. The van der Waals surface area contributed by atoms with Crippen molar-refractivity contribution >= 4 is 41.3 Å². The Morgan fingerprint density at radius 2 is 2.00 bits per heavy atom. The number of hydrogen-bond acceptors (Lipinski definition) is 4. The van der Waals surface area contributed by atoms with E-state index in [-0.39, 0.29) is 24.0 Å². The third-order valence-electron chi connectivity index (χ3n) is 5.14. The van der Waals surface area contributed by atoms with Gasteiger partial charge in [-0.15, -0.1) is 35.3 Å². The summed E-state index contributed by atoms with van der Waals surface area (Å²) in [6, 6.07) is 0. The molecule has 0 bridgehead atoms. The van der Waals surface area contributed by atoms with Crippen molar-refractivity contribution < 1.29 is 4.74 Å². The first-order valence-corrected chi connectivity index (χ1v) is 10.4. The van der Waals surface area contributed by atoms with Gasteiger partial charge < -0.3 is 15.4 Å². The summed E-state index contributed by atoms with van der Waals surface area (Å²) in [7, 11) is 1.85. The van der Waals surface area contributed by atoms with E-state index in [1.807, 2.05) is 7.05 Å². The highest BCUT2D eigenvalue weighted by Crippen LogP contribution is 2.40. The zero-order valence-corrected chi connectivity index (χ0v) is 19.8. The zero-order chi connectivity index (χ0) is 18.1. The predicted octanol–water partition coefficient (Wildman–Crippen LogP) is 4.07. The normalized spacial score (nSPS) is 16.4. The van der Waals surface area contributed by atoms with E-state index in [2.05, 4.69) is 41.4 Å². The lowest BCUT2D eigenvalue weighted by atomic mass is 9.83. The van der Waals surface area contributed by atoms with E-state index in [4.69, 9.17) is 4.74 Å². The maximum Gasteiger partial charge on any atom is 0.191 e. The molecule has 2 rings (SSSR count). The molecule has 0 aliphatic heterocycles. The zero-order valence-electron chi connectivity index (χ0n) is 16.7. The number of aliphatic imine (C=N–C) groups is 1.